The molecule has 0 atom stereocenters. The SMILES string of the molecule is CC(=NOCCCCC1COC(C)OC1)c1ccc(C)o1. The molecule has 118 valence electrons. The summed E-state index contributed by atoms with van der Waals surface area (Å²) in [7, 11) is 0. The second kappa shape index (κ2) is 8.20. The molecule has 5 heteroatoms. The van der Waals surface area contributed by atoms with Gasteiger partial charge < -0.3 is 18.7 Å². The normalized spacial score (nSPS) is 23.3. The minimum Gasteiger partial charge on any atom is -0.460 e. The summed E-state index contributed by atoms with van der Waals surface area (Å²) in [6.45, 7) is 7.97. The lowest BCUT2D eigenvalue weighted by Gasteiger charge is -2.27. The molecule has 0 bridgehead atoms. The molecule has 1 aromatic heterocycles. The molecule has 0 N–H and O–H groups in total. The van der Waals surface area contributed by atoms with Crippen LogP contribution >= 0.6 is 0 Å². The maximum absolute atomic E-state index is 5.47. The van der Waals surface area contributed by atoms with Gasteiger partial charge >= 0.3 is 0 Å². The number of unbranched alkanes of at least 4 members (excludes halogenated alkanes) is 1. The Morgan fingerprint density at radius 2 is 2.05 bits per heavy atom. The first kappa shape index (κ1) is 16.0. The highest BCUT2D eigenvalue weighted by Gasteiger charge is 2.18. The van der Waals surface area contributed by atoms with E-state index in [1.54, 1.807) is 0 Å². The summed E-state index contributed by atoms with van der Waals surface area (Å²) in [5.74, 6) is 2.15. The van der Waals surface area contributed by atoms with Gasteiger partial charge in [0, 0.05) is 5.92 Å². The van der Waals surface area contributed by atoms with Crippen LogP contribution in [-0.2, 0) is 14.3 Å². The summed E-state index contributed by atoms with van der Waals surface area (Å²) in [4.78, 5) is 5.33. The van der Waals surface area contributed by atoms with Crippen LogP contribution in [0.15, 0.2) is 21.7 Å². The minimum atomic E-state index is -0.0490. The molecule has 1 saturated heterocycles. The summed E-state index contributed by atoms with van der Waals surface area (Å²) >= 11 is 0. The summed E-state index contributed by atoms with van der Waals surface area (Å²) in [6.07, 6.45) is 3.14. The van der Waals surface area contributed by atoms with Crippen molar-refractivity contribution in [3.63, 3.8) is 0 Å². The number of hydrogen-bond acceptors (Lipinski definition) is 5. The highest BCUT2D eigenvalue weighted by atomic mass is 16.7. The zero-order valence-corrected chi connectivity index (χ0v) is 13.1. The smallest absolute Gasteiger partial charge is 0.154 e. The van der Waals surface area contributed by atoms with Gasteiger partial charge in [-0.25, -0.2) is 0 Å². The predicted molar refractivity (Wildman–Crippen MR) is 80.3 cm³/mol. The first-order chi connectivity index (χ1) is 10.1. The maximum Gasteiger partial charge on any atom is 0.154 e. The number of rotatable bonds is 7. The number of ether oxygens (including phenoxy) is 2. The van der Waals surface area contributed by atoms with Crippen LogP contribution in [0.5, 0.6) is 0 Å². The fraction of sp³-hybridized carbons (Fsp3) is 0.688. The van der Waals surface area contributed by atoms with E-state index in [4.69, 9.17) is 18.7 Å². The Kier molecular flexibility index (Phi) is 6.26. The molecule has 2 heterocycles. The predicted octanol–water partition coefficient (Wildman–Crippen LogP) is 3.51. The highest BCUT2D eigenvalue weighted by Crippen LogP contribution is 2.16. The molecule has 0 radical (unpaired) electrons. The summed E-state index contributed by atoms with van der Waals surface area (Å²) in [6, 6.07) is 3.82. The van der Waals surface area contributed by atoms with Gasteiger partial charge in [0.1, 0.15) is 18.1 Å². The third-order valence-electron chi connectivity index (χ3n) is 3.53. The fourth-order valence-electron chi connectivity index (χ4n) is 2.22. The maximum atomic E-state index is 5.47. The standard InChI is InChI=1S/C16H25NO4/c1-12-7-8-16(21-12)13(2)17-20-9-5-4-6-15-10-18-14(3)19-11-15/h7-8,14-15H,4-6,9-11H2,1-3H3. The Balaban J connectivity index is 1.55. The Hall–Kier alpha value is -1.33. The van der Waals surface area contributed by atoms with Crippen LogP contribution in [0.4, 0.5) is 0 Å². The third-order valence-corrected chi connectivity index (χ3v) is 3.53. The lowest BCUT2D eigenvalue weighted by Crippen LogP contribution is -2.29. The van der Waals surface area contributed by atoms with Gasteiger partial charge in [0.05, 0.1) is 13.2 Å². The van der Waals surface area contributed by atoms with Crippen molar-refractivity contribution in [3.05, 3.63) is 23.7 Å². The average Bonchev–Trinajstić information content (AvgIpc) is 2.91. The molecule has 1 aliphatic heterocycles. The van der Waals surface area contributed by atoms with Gasteiger partial charge in [0.25, 0.3) is 0 Å². The summed E-state index contributed by atoms with van der Waals surface area (Å²) < 4.78 is 16.4. The zero-order valence-electron chi connectivity index (χ0n) is 13.1. The molecule has 0 saturated carbocycles. The van der Waals surface area contributed by atoms with Crippen LogP contribution < -0.4 is 0 Å². The van der Waals surface area contributed by atoms with Crippen LogP contribution in [0.2, 0.25) is 0 Å². The molecule has 2 rings (SSSR count). The molecule has 1 fully saturated rings. The summed E-state index contributed by atoms with van der Waals surface area (Å²) in [5.41, 5.74) is 0.770. The van der Waals surface area contributed by atoms with Gasteiger partial charge in [-0.05, 0) is 52.2 Å². The second-order valence-corrected chi connectivity index (χ2v) is 5.52. The van der Waals surface area contributed by atoms with Gasteiger partial charge in [-0.2, -0.15) is 0 Å². The zero-order chi connectivity index (χ0) is 15.1. The van der Waals surface area contributed by atoms with Crippen molar-refractivity contribution in [2.75, 3.05) is 19.8 Å². The first-order valence-electron chi connectivity index (χ1n) is 7.61. The molecule has 0 spiro atoms. The van der Waals surface area contributed by atoms with Crippen LogP contribution in [0.25, 0.3) is 0 Å². The molecular weight excluding hydrogens is 270 g/mol. The quantitative estimate of drug-likeness (QED) is 0.439. The van der Waals surface area contributed by atoms with Gasteiger partial charge in [-0.3, -0.25) is 0 Å². The average molecular weight is 295 g/mol. The van der Waals surface area contributed by atoms with Gasteiger partial charge in [0.2, 0.25) is 0 Å². The van der Waals surface area contributed by atoms with Crippen molar-refractivity contribution in [3.8, 4) is 0 Å². The molecule has 1 aromatic rings. The highest BCUT2D eigenvalue weighted by molar-refractivity contribution is 5.95. The number of aryl methyl sites for hydroxylation is 1. The number of oxime groups is 1. The van der Waals surface area contributed by atoms with Crippen molar-refractivity contribution in [1.29, 1.82) is 0 Å². The van der Waals surface area contributed by atoms with Crippen LogP contribution in [0.3, 0.4) is 0 Å². The van der Waals surface area contributed by atoms with Crippen molar-refractivity contribution in [2.24, 2.45) is 11.1 Å². The van der Waals surface area contributed by atoms with E-state index in [1.807, 2.05) is 32.9 Å². The number of furan rings is 1. The van der Waals surface area contributed by atoms with Gasteiger partial charge in [0.15, 0.2) is 12.1 Å². The largest absolute Gasteiger partial charge is 0.460 e. The topological polar surface area (TPSA) is 53.2 Å². The number of nitrogens with zero attached hydrogens (tertiary/aromatic N) is 1. The van der Waals surface area contributed by atoms with Crippen molar-refractivity contribution >= 4 is 5.71 Å². The molecule has 0 aromatic carbocycles. The molecule has 21 heavy (non-hydrogen) atoms. The monoisotopic (exact) mass is 295 g/mol. The van der Waals surface area contributed by atoms with Crippen LogP contribution in [0, 0.1) is 12.8 Å². The van der Waals surface area contributed by atoms with E-state index in [0.717, 1.165) is 49.7 Å². The van der Waals surface area contributed by atoms with Crippen LogP contribution in [0.1, 0.15) is 44.6 Å². The van der Waals surface area contributed by atoms with E-state index in [9.17, 15) is 0 Å². The van der Waals surface area contributed by atoms with E-state index >= 15 is 0 Å². The number of hydrogen-bond donors (Lipinski definition) is 0. The first-order valence-corrected chi connectivity index (χ1v) is 7.61. The van der Waals surface area contributed by atoms with Crippen LogP contribution in [-0.4, -0.2) is 31.8 Å². The van der Waals surface area contributed by atoms with Crippen molar-refractivity contribution in [2.45, 2.75) is 46.3 Å². The lowest BCUT2D eigenvalue weighted by molar-refractivity contribution is -0.191. The molecule has 0 unspecified atom stereocenters. The minimum absolute atomic E-state index is 0.0490. The second-order valence-electron chi connectivity index (χ2n) is 5.52. The summed E-state index contributed by atoms with van der Waals surface area (Å²) in [5, 5.41) is 4.08. The third kappa shape index (κ3) is 5.52. The molecule has 0 aliphatic carbocycles. The van der Waals surface area contributed by atoms with E-state index < -0.39 is 0 Å². The van der Waals surface area contributed by atoms with Gasteiger partial charge in [-0.15, -0.1) is 0 Å². The Bertz CT molecular complexity index is 447. The van der Waals surface area contributed by atoms with E-state index in [0.29, 0.717) is 12.5 Å². The Labute approximate surface area is 126 Å². The molecular formula is C16H25NO4. The van der Waals surface area contributed by atoms with E-state index in [2.05, 4.69) is 5.16 Å². The Morgan fingerprint density at radius 3 is 2.71 bits per heavy atom. The van der Waals surface area contributed by atoms with Gasteiger partial charge in [-0.1, -0.05) is 5.16 Å². The van der Waals surface area contributed by atoms with Crippen molar-refractivity contribution in [1.82, 2.24) is 0 Å². The molecule has 5 nitrogen and oxygen atoms in total. The van der Waals surface area contributed by atoms with Crippen molar-refractivity contribution < 1.29 is 18.7 Å². The Morgan fingerprint density at radius 1 is 1.29 bits per heavy atom. The lowest BCUT2D eigenvalue weighted by atomic mass is 10.0. The molecule has 1 aliphatic rings. The van der Waals surface area contributed by atoms with E-state index in [-0.39, 0.29) is 6.29 Å². The fourth-order valence-corrected chi connectivity index (χ4v) is 2.22. The van der Waals surface area contributed by atoms with E-state index in [1.165, 1.54) is 0 Å². The molecule has 0 amide bonds.